The maximum absolute atomic E-state index is 11.0. The summed E-state index contributed by atoms with van der Waals surface area (Å²) >= 11 is 0. The monoisotopic (exact) mass is 196 g/mol. The highest BCUT2D eigenvalue weighted by molar-refractivity contribution is 5.77. The van der Waals surface area contributed by atoms with Crippen molar-refractivity contribution >= 4 is 5.91 Å². The first-order chi connectivity index (χ1) is 6.43. The minimum atomic E-state index is -0.110. The number of hydrogen-bond donors (Lipinski definition) is 1. The Morgan fingerprint density at radius 2 is 2.21 bits per heavy atom. The molecular formula is C10H16N2O2. The fraction of sp³-hybridized carbons (Fsp3) is 0.600. The molecule has 0 aromatic carbocycles. The summed E-state index contributed by atoms with van der Waals surface area (Å²) in [5.74, 6) is 0.607. The van der Waals surface area contributed by atoms with E-state index in [4.69, 9.17) is 4.42 Å². The van der Waals surface area contributed by atoms with Crippen LogP contribution in [0.5, 0.6) is 0 Å². The Kier molecular flexibility index (Phi) is 2.93. The van der Waals surface area contributed by atoms with Crippen LogP contribution in [0.1, 0.15) is 32.4 Å². The van der Waals surface area contributed by atoms with Crippen LogP contribution in [0.3, 0.4) is 0 Å². The van der Waals surface area contributed by atoms with Gasteiger partial charge in [0, 0.05) is 12.5 Å². The van der Waals surface area contributed by atoms with E-state index < -0.39 is 0 Å². The summed E-state index contributed by atoms with van der Waals surface area (Å²) in [5, 5.41) is 2.54. The summed E-state index contributed by atoms with van der Waals surface area (Å²) in [7, 11) is 1.60. The van der Waals surface area contributed by atoms with E-state index in [2.05, 4.69) is 10.3 Å². The molecule has 4 nitrogen and oxygen atoms in total. The van der Waals surface area contributed by atoms with Gasteiger partial charge < -0.3 is 9.73 Å². The highest BCUT2D eigenvalue weighted by Gasteiger charge is 2.20. The van der Waals surface area contributed by atoms with E-state index in [0.29, 0.717) is 11.6 Å². The van der Waals surface area contributed by atoms with Gasteiger partial charge >= 0.3 is 0 Å². The van der Waals surface area contributed by atoms with Gasteiger partial charge in [-0.3, -0.25) is 4.79 Å². The second-order valence-electron chi connectivity index (χ2n) is 4.24. The lowest BCUT2D eigenvalue weighted by molar-refractivity contribution is -0.120. The van der Waals surface area contributed by atoms with Crippen molar-refractivity contribution in [2.24, 2.45) is 0 Å². The van der Waals surface area contributed by atoms with E-state index in [1.54, 1.807) is 7.05 Å². The smallest absolute Gasteiger partial charge is 0.225 e. The average molecular weight is 196 g/mol. The number of rotatable bonds is 2. The Bertz CT molecular complexity index is 323. The third-order valence-electron chi connectivity index (χ3n) is 1.81. The molecule has 0 saturated carbocycles. The molecule has 0 spiro atoms. The van der Waals surface area contributed by atoms with Gasteiger partial charge in [-0.25, -0.2) is 4.98 Å². The molecule has 0 aliphatic rings. The zero-order valence-electron chi connectivity index (χ0n) is 9.05. The van der Waals surface area contributed by atoms with E-state index in [-0.39, 0.29) is 17.7 Å². The maximum atomic E-state index is 11.0. The fourth-order valence-corrected chi connectivity index (χ4v) is 0.986. The topological polar surface area (TPSA) is 55.1 Å². The van der Waals surface area contributed by atoms with Crippen LogP contribution < -0.4 is 5.32 Å². The number of carbonyl (C=O) groups is 1. The molecule has 0 fully saturated rings. The molecule has 1 N–H and O–H groups in total. The molecule has 1 aromatic heterocycles. The average Bonchev–Trinajstić information content (AvgIpc) is 2.51. The van der Waals surface area contributed by atoms with Crippen LogP contribution in [0.15, 0.2) is 10.7 Å². The Labute approximate surface area is 83.7 Å². The van der Waals surface area contributed by atoms with Crippen LogP contribution >= 0.6 is 0 Å². The second-order valence-corrected chi connectivity index (χ2v) is 4.24. The van der Waals surface area contributed by atoms with Crippen molar-refractivity contribution in [3.8, 4) is 0 Å². The van der Waals surface area contributed by atoms with Crippen LogP contribution in [0.2, 0.25) is 0 Å². The molecule has 14 heavy (non-hydrogen) atoms. The Morgan fingerprint density at radius 1 is 1.57 bits per heavy atom. The van der Waals surface area contributed by atoms with Crippen molar-refractivity contribution in [2.75, 3.05) is 7.05 Å². The molecule has 1 rings (SSSR count). The Balaban J connectivity index is 2.74. The fourth-order valence-electron chi connectivity index (χ4n) is 0.986. The lowest BCUT2D eigenvalue weighted by Crippen LogP contribution is -2.20. The second kappa shape index (κ2) is 3.82. The number of amides is 1. The summed E-state index contributed by atoms with van der Waals surface area (Å²) in [6.45, 7) is 6.05. The molecule has 0 aliphatic carbocycles. The van der Waals surface area contributed by atoms with E-state index in [1.165, 1.54) is 6.26 Å². The number of nitrogens with one attached hydrogen (secondary N) is 1. The third-order valence-corrected chi connectivity index (χ3v) is 1.81. The molecule has 1 heterocycles. The molecule has 0 radical (unpaired) electrons. The number of nitrogens with zero attached hydrogens (tertiary/aromatic N) is 1. The molecule has 4 heteroatoms. The van der Waals surface area contributed by atoms with Gasteiger partial charge in [-0.1, -0.05) is 20.8 Å². The molecule has 0 aliphatic heterocycles. The van der Waals surface area contributed by atoms with Crippen LogP contribution in [-0.2, 0) is 16.6 Å². The van der Waals surface area contributed by atoms with Crippen molar-refractivity contribution in [1.82, 2.24) is 10.3 Å². The number of oxazole rings is 1. The van der Waals surface area contributed by atoms with E-state index in [9.17, 15) is 4.79 Å². The van der Waals surface area contributed by atoms with Gasteiger partial charge in [0.25, 0.3) is 0 Å². The predicted octanol–water partition coefficient (Wildman–Crippen LogP) is 1.26. The summed E-state index contributed by atoms with van der Waals surface area (Å²) in [4.78, 5) is 15.3. The summed E-state index contributed by atoms with van der Waals surface area (Å²) in [6.07, 6.45) is 1.81. The first-order valence-corrected chi connectivity index (χ1v) is 4.59. The third kappa shape index (κ3) is 2.58. The van der Waals surface area contributed by atoms with Gasteiger partial charge in [-0.2, -0.15) is 0 Å². The van der Waals surface area contributed by atoms with Gasteiger partial charge in [-0.05, 0) is 0 Å². The highest BCUT2D eigenvalue weighted by atomic mass is 16.3. The first-order valence-electron chi connectivity index (χ1n) is 4.59. The highest BCUT2D eigenvalue weighted by Crippen LogP contribution is 2.20. The van der Waals surface area contributed by atoms with Crippen LogP contribution in [0.4, 0.5) is 0 Å². The first kappa shape index (κ1) is 10.8. The number of carbonyl (C=O) groups excluding carboxylic acids is 1. The maximum Gasteiger partial charge on any atom is 0.225 e. The van der Waals surface area contributed by atoms with Crippen molar-refractivity contribution in [3.63, 3.8) is 0 Å². The zero-order chi connectivity index (χ0) is 10.8. The minimum absolute atomic E-state index is 0.0567. The molecule has 0 unspecified atom stereocenters. The number of hydrogen-bond acceptors (Lipinski definition) is 3. The molecule has 1 amide bonds. The van der Waals surface area contributed by atoms with Gasteiger partial charge in [0.1, 0.15) is 6.26 Å². The molecule has 1 aromatic rings. The van der Waals surface area contributed by atoms with Crippen molar-refractivity contribution in [1.29, 1.82) is 0 Å². The molecule has 78 valence electrons. The Hall–Kier alpha value is -1.32. The molecule has 0 saturated heterocycles. The summed E-state index contributed by atoms with van der Waals surface area (Å²) in [5.41, 5.74) is 0.565. The largest absolute Gasteiger partial charge is 0.448 e. The minimum Gasteiger partial charge on any atom is -0.448 e. The zero-order valence-corrected chi connectivity index (χ0v) is 9.05. The lowest BCUT2D eigenvalue weighted by Gasteiger charge is -2.11. The van der Waals surface area contributed by atoms with Crippen LogP contribution in [-0.4, -0.2) is 17.9 Å². The molecular weight excluding hydrogens is 180 g/mol. The van der Waals surface area contributed by atoms with Crippen LogP contribution in [0, 0.1) is 0 Å². The summed E-state index contributed by atoms with van der Waals surface area (Å²) in [6, 6.07) is 0. The van der Waals surface area contributed by atoms with E-state index in [0.717, 1.165) is 0 Å². The van der Waals surface area contributed by atoms with Gasteiger partial charge in [0.15, 0.2) is 5.89 Å². The van der Waals surface area contributed by atoms with Gasteiger partial charge in [0.2, 0.25) is 5.91 Å². The Morgan fingerprint density at radius 3 is 2.64 bits per heavy atom. The normalized spacial score (nSPS) is 11.4. The quantitative estimate of drug-likeness (QED) is 0.774. The number of likely N-dealkylation sites (N-methyl/N-ethyl adjacent to an activating group) is 1. The van der Waals surface area contributed by atoms with Gasteiger partial charge in [-0.15, -0.1) is 0 Å². The molecule has 0 bridgehead atoms. The molecule has 0 atom stereocenters. The SMILES string of the molecule is CNC(=O)Cc1coc(C(C)(C)C)n1. The van der Waals surface area contributed by atoms with Gasteiger partial charge in [0.05, 0.1) is 12.1 Å². The van der Waals surface area contributed by atoms with Crippen molar-refractivity contribution < 1.29 is 9.21 Å². The van der Waals surface area contributed by atoms with Crippen molar-refractivity contribution in [2.45, 2.75) is 32.6 Å². The van der Waals surface area contributed by atoms with E-state index in [1.807, 2.05) is 20.8 Å². The summed E-state index contributed by atoms with van der Waals surface area (Å²) < 4.78 is 5.28. The predicted molar refractivity (Wildman–Crippen MR) is 53.0 cm³/mol. The number of aromatic nitrogens is 1. The van der Waals surface area contributed by atoms with Crippen molar-refractivity contribution in [3.05, 3.63) is 17.8 Å². The van der Waals surface area contributed by atoms with E-state index >= 15 is 0 Å². The standard InChI is InChI=1S/C10H16N2O2/c1-10(2,3)9-12-7(6-14-9)5-8(13)11-4/h6H,5H2,1-4H3,(H,11,13). The van der Waals surface area contributed by atoms with Crippen LogP contribution in [0.25, 0.3) is 0 Å². The lowest BCUT2D eigenvalue weighted by atomic mass is 9.97.